The van der Waals surface area contributed by atoms with Gasteiger partial charge in [-0.1, -0.05) is 13.8 Å². The first-order chi connectivity index (χ1) is 10.5. The number of hydrogen-bond acceptors (Lipinski definition) is 4. The summed E-state index contributed by atoms with van der Waals surface area (Å²) in [4.78, 5) is 34.5. The van der Waals surface area contributed by atoms with Crippen molar-refractivity contribution in [1.82, 2.24) is 5.32 Å². The van der Waals surface area contributed by atoms with Crippen molar-refractivity contribution in [1.29, 1.82) is 0 Å². The number of nitrogens with one attached hydrogen (secondary N) is 2. The van der Waals surface area contributed by atoms with Crippen LogP contribution in [0.4, 0.5) is 5.69 Å². The number of amides is 2. The lowest BCUT2D eigenvalue weighted by Crippen LogP contribution is -2.30. The van der Waals surface area contributed by atoms with Crippen LogP contribution >= 0.6 is 0 Å². The normalized spacial score (nSPS) is 17.2. The number of hydrogen-bond donors (Lipinski definition) is 2. The Morgan fingerprint density at radius 1 is 1.32 bits per heavy atom. The van der Waals surface area contributed by atoms with E-state index in [9.17, 15) is 14.4 Å². The molecule has 1 heterocycles. The van der Waals surface area contributed by atoms with Crippen LogP contribution in [0.15, 0.2) is 24.3 Å². The Labute approximate surface area is 129 Å². The fourth-order valence-corrected chi connectivity index (χ4v) is 2.04. The van der Waals surface area contributed by atoms with Gasteiger partial charge in [0.25, 0.3) is 0 Å². The Hall–Kier alpha value is -2.37. The molecule has 118 valence electrons. The van der Waals surface area contributed by atoms with Gasteiger partial charge in [-0.15, -0.1) is 0 Å². The van der Waals surface area contributed by atoms with Gasteiger partial charge in [0.05, 0.1) is 11.6 Å². The Kier molecular flexibility index (Phi) is 5.14. The van der Waals surface area contributed by atoms with Gasteiger partial charge in [-0.3, -0.25) is 9.59 Å². The molecule has 1 aliphatic rings. The SMILES string of the molecule is CC(C)C(=O)Nc1ccc(C(=O)OCC2CCC(=O)N2)cc1. The van der Waals surface area contributed by atoms with Crippen molar-refractivity contribution in [2.24, 2.45) is 5.92 Å². The smallest absolute Gasteiger partial charge is 0.338 e. The topological polar surface area (TPSA) is 84.5 Å². The predicted octanol–water partition coefficient (Wildman–Crippen LogP) is 1.72. The van der Waals surface area contributed by atoms with Crippen LogP contribution in [0.25, 0.3) is 0 Å². The van der Waals surface area contributed by atoms with Gasteiger partial charge < -0.3 is 15.4 Å². The minimum absolute atomic E-state index is 0.00806. The van der Waals surface area contributed by atoms with Gasteiger partial charge in [-0.25, -0.2) is 4.79 Å². The van der Waals surface area contributed by atoms with E-state index in [0.717, 1.165) is 0 Å². The van der Waals surface area contributed by atoms with Gasteiger partial charge in [0.15, 0.2) is 0 Å². The second kappa shape index (κ2) is 7.06. The third kappa shape index (κ3) is 4.31. The van der Waals surface area contributed by atoms with Crippen LogP contribution in [0.3, 0.4) is 0 Å². The maximum absolute atomic E-state index is 11.9. The van der Waals surface area contributed by atoms with E-state index in [0.29, 0.717) is 24.1 Å². The van der Waals surface area contributed by atoms with Crippen molar-refractivity contribution < 1.29 is 19.1 Å². The molecule has 0 radical (unpaired) electrons. The van der Waals surface area contributed by atoms with E-state index in [1.807, 2.05) is 13.8 Å². The molecule has 1 aromatic rings. The molecule has 0 bridgehead atoms. The second-order valence-electron chi connectivity index (χ2n) is 5.62. The molecule has 0 spiro atoms. The van der Waals surface area contributed by atoms with Crippen LogP contribution in [0.2, 0.25) is 0 Å². The summed E-state index contributed by atoms with van der Waals surface area (Å²) in [5.74, 6) is -0.632. The fourth-order valence-electron chi connectivity index (χ4n) is 2.04. The lowest BCUT2D eigenvalue weighted by atomic mass is 10.1. The highest BCUT2D eigenvalue weighted by Gasteiger charge is 2.22. The molecule has 1 atom stereocenters. The predicted molar refractivity (Wildman–Crippen MR) is 81.4 cm³/mol. The Morgan fingerprint density at radius 3 is 2.55 bits per heavy atom. The molecule has 22 heavy (non-hydrogen) atoms. The van der Waals surface area contributed by atoms with Gasteiger partial charge in [-0.05, 0) is 30.7 Å². The zero-order valence-electron chi connectivity index (χ0n) is 12.7. The van der Waals surface area contributed by atoms with Crippen molar-refractivity contribution in [3.8, 4) is 0 Å². The second-order valence-corrected chi connectivity index (χ2v) is 5.62. The molecule has 0 saturated carbocycles. The Morgan fingerprint density at radius 2 is 2.00 bits per heavy atom. The molecule has 0 aliphatic carbocycles. The molecule has 2 amide bonds. The molecule has 2 rings (SSSR count). The molecule has 1 unspecified atom stereocenters. The summed E-state index contributed by atoms with van der Waals surface area (Å²) in [6.45, 7) is 3.79. The van der Waals surface area contributed by atoms with Gasteiger partial charge in [0.2, 0.25) is 11.8 Å². The molecular formula is C16H20N2O4. The van der Waals surface area contributed by atoms with E-state index >= 15 is 0 Å². The standard InChI is InChI=1S/C16H20N2O4/c1-10(2)15(20)18-12-5-3-11(4-6-12)16(21)22-9-13-7-8-14(19)17-13/h3-6,10,13H,7-9H2,1-2H3,(H,17,19)(H,18,20). The average molecular weight is 304 g/mol. The highest BCUT2D eigenvalue weighted by Crippen LogP contribution is 2.13. The minimum atomic E-state index is -0.442. The van der Waals surface area contributed by atoms with Crippen molar-refractivity contribution in [2.45, 2.75) is 32.7 Å². The van der Waals surface area contributed by atoms with E-state index in [1.54, 1.807) is 24.3 Å². The van der Waals surface area contributed by atoms with E-state index in [-0.39, 0.29) is 30.4 Å². The molecule has 1 fully saturated rings. The molecular weight excluding hydrogens is 284 g/mol. The van der Waals surface area contributed by atoms with Crippen LogP contribution in [-0.2, 0) is 14.3 Å². The number of benzene rings is 1. The van der Waals surface area contributed by atoms with Crippen molar-refractivity contribution in [3.05, 3.63) is 29.8 Å². The lowest BCUT2D eigenvalue weighted by molar-refractivity contribution is -0.120. The largest absolute Gasteiger partial charge is 0.460 e. The van der Waals surface area contributed by atoms with Crippen LogP contribution in [0, 0.1) is 5.92 Å². The first kappa shape index (κ1) is 16.0. The summed E-state index contributed by atoms with van der Waals surface area (Å²) in [7, 11) is 0. The number of esters is 1. The van der Waals surface area contributed by atoms with Crippen molar-refractivity contribution >= 4 is 23.5 Å². The lowest BCUT2D eigenvalue weighted by Gasteiger charge is -2.11. The van der Waals surface area contributed by atoms with Crippen LogP contribution < -0.4 is 10.6 Å². The summed E-state index contributed by atoms with van der Waals surface area (Å²) >= 11 is 0. The molecule has 1 aromatic carbocycles. The van der Waals surface area contributed by atoms with E-state index in [4.69, 9.17) is 4.74 Å². The number of rotatable bonds is 5. The third-order valence-electron chi connectivity index (χ3n) is 3.41. The highest BCUT2D eigenvalue weighted by atomic mass is 16.5. The molecule has 2 N–H and O–H groups in total. The third-order valence-corrected chi connectivity index (χ3v) is 3.41. The van der Waals surface area contributed by atoms with Crippen LogP contribution in [0.1, 0.15) is 37.0 Å². The molecule has 1 saturated heterocycles. The minimum Gasteiger partial charge on any atom is -0.460 e. The van der Waals surface area contributed by atoms with E-state index in [2.05, 4.69) is 10.6 Å². The number of anilines is 1. The van der Waals surface area contributed by atoms with E-state index < -0.39 is 5.97 Å². The van der Waals surface area contributed by atoms with Gasteiger partial charge in [0.1, 0.15) is 6.61 Å². The van der Waals surface area contributed by atoms with Gasteiger partial charge in [-0.2, -0.15) is 0 Å². The number of ether oxygens (including phenoxy) is 1. The van der Waals surface area contributed by atoms with Crippen LogP contribution in [0.5, 0.6) is 0 Å². The first-order valence-corrected chi connectivity index (χ1v) is 7.33. The molecule has 6 nitrogen and oxygen atoms in total. The van der Waals surface area contributed by atoms with Gasteiger partial charge in [0, 0.05) is 18.0 Å². The first-order valence-electron chi connectivity index (χ1n) is 7.33. The van der Waals surface area contributed by atoms with Crippen LogP contribution in [-0.4, -0.2) is 30.4 Å². The summed E-state index contributed by atoms with van der Waals surface area (Å²) in [5, 5.41) is 5.49. The van der Waals surface area contributed by atoms with Crippen molar-refractivity contribution in [2.75, 3.05) is 11.9 Å². The number of carbonyl (C=O) groups excluding carboxylic acids is 3. The molecule has 6 heteroatoms. The fraction of sp³-hybridized carbons (Fsp3) is 0.438. The zero-order valence-corrected chi connectivity index (χ0v) is 12.7. The highest BCUT2D eigenvalue weighted by molar-refractivity contribution is 5.93. The summed E-state index contributed by atoms with van der Waals surface area (Å²) in [6, 6.07) is 6.43. The molecule has 1 aliphatic heterocycles. The maximum atomic E-state index is 11.9. The van der Waals surface area contributed by atoms with E-state index in [1.165, 1.54) is 0 Å². The Balaban J connectivity index is 1.85. The average Bonchev–Trinajstić information content (AvgIpc) is 2.91. The van der Waals surface area contributed by atoms with Gasteiger partial charge >= 0.3 is 5.97 Å². The Bertz CT molecular complexity index is 566. The zero-order chi connectivity index (χ0) is 16.1. The maximum Gasteiger partial charge on any atom is 0.338 e. The number of carbonyl (C=O) groups is 3. The quantitative estimate of drug-likeness (QED) is 0.811. The molecule has 0 aromatic heterocycles. The summed E-state index contributed by atoms with van der Waals surface area (Å²) in [6.07, 6.45) is 1.17. The summed E-state index contributed by atoms with van der Waals surface area (Å²) < 4.78 is 5.18. The van der Waals surface area contributed by atoms with Crippen molar-refractivity contribution in [3.63, 3.8) is 0 Å². The summed E-state index contributed by atoms with van der Waals surface area (Å²) in [5.41, 5.74) is 1.05. The monoisotopic (exact) mass is 304 g/mol.